The van der Waals surface area contributed by atoms with Gasteiger partial charge in [-0.3, -0.25) is 9.59 Å². The molecule has 3 aromatic rings. The van der Waals surface area contributed by atoms with Gasteiger partial charge in [-0.25, -0.2) is 0 Å². The fraction of sp³-hybridized carbons (Fsp3) is 0.200. The molecule has 0 bridgehead atoms. The van der Waals surface area contributed by atoms with Gasteiger partial charge in [-0.05, 0) is 55.3 Å². The molecular weight excluding hydrogens is 374 g/mol. The molecule has 0 atom stereocenters. The van der Waals surface area contributed by atoms with Gasteiger partial charge < -0.3 is 15.2 Å². The molecule has 144 valence electrons. The van der Waals surface area contributed by atoms with Gasteiger partial charge in [0.05, 0.1) is 5.75 Å². The molecule has 1 aromatic heterocycles. The molecule has 2 amide bonds. The Kier molecular flexibility index (Phi) is 6.10. The summed E-state index contributed by atoms with van der Waals surface area (Å²) in [5.74, 6) is -0.119. The van der Waals surface area contributed by atoms with Gasteiger partial charge in [0.2, 0.25) is 5.91 Å². The number of carbonyl (C=O) groups is 2. The van der Waals surface area contributed by atoms with Crippen molar-refractivity contribution < 1.29 is 9.59 Å². The number of amides is 2. The Balaban J connectivity index is 1.56. The standard InChI is InChI=1S/C20H21N5O2S/c1-13-4-5-14(2)17(10-13)23-19(27)15-6-8-16(9-7-15)22-18(26)11-28-20-24-21-12-25(20)3/h4-10,12H,11H2,1-3H3,(H,22,26)(H,23,27). The van der Waals surface area contributed by atoms with Gasteiger partial charge >= 0.3 is 0 Å². The van der Waals surface area contributed by atoms with Crippen molar-refractivity contribution in [1.82, 2.24) is 14.8 Å². The molecule has 0 saturated heterocycles. The van der Waals surface area contributed by atoms with Crippen LogP contribution < -0.4 is 10.6 Å². The van der Waals surface area contributed by atoms with Crippen LogP contribution in [0.2, 0.25) is 0 Å². The Morgan fingerprint density at radius 3 is 2.50 bits per heavy atom. The summed E-state index contributed by atoms with van der Waals surface area (Å²) in [4.78, 5) is 24.5. The minimum absolute atomic E-state index is 0.152. The quantitative estimate of drug-likeness (QED) is 0.625. The number of nitrogens with zero attached hydrogens (tertiary/aromatic N) is 3. The zero-order valence-electron chi connectivity index (χ0n) is 15.9. The number of aryl methyl sites for hydroxylation is 3. The van der Waals surface area contributed by atoms with Crippen molar-refractivity contribution in [2.45, 2.75) is 19.0 Å². The Bertz CT molecular complexity index is 998. The van der Waals surface area contributed by atoms with Gasteiger partial charge in [-0.15, -0.1) is 10.2 Å². The largest absolute Gasteiger partial charge is 0.325 e. The van der Waals surface area contributed by atoms with Crippen LogP contribution in [0.3, 0.4) is 0 Å². The summed E-state index contributed by atoms with van der Waals surface area (Å²) in [6.07, 6.45) is 1.59. The van der Waals surface area contributed by atoms with E-state index in [1.54, 1.807) is 35.2 Å². The Morgan fingerprint density at radius 2 is 1.82 bits per heavy atom. The second kappa shape index (κ2) is 8.71. The molecule has 0 aliphatic rings. The van der Waals surface area contributed by atoms with Crippen molar-refractivity contribution in [2.24, 2.45) is 7.05 Å². The molecule has 2 N–H and O–H groups in total. The highest BCUT2D eigenvalue weighted by molar-refractivity contribution is 7.99. The van der Waals surface area contributed by atoms with Crippen LogP contribution in [0, 0.1) is 13.8 Å². The number of hydrogen-bond acceptors (Lipinski definition) is 5. The molecule has 1 heterocycles. The van der Waals surface area contributed by atoms with Crippen LogP contribution in [0.15, 0.2) is 53.9 Å². The summed E-state index contributed by atoms with van der Waals surface area (Å²) in [5.41, 5.74) is 4.03. The lowest BCUT2D eigenvalue weighted by atomic mass is 10.1. The average molecular weight is 395 g/mol. The van der Waals surface area contributed by atoms with Crippen LogP contribution in [-0.2, 0) is 11.8 Å². The van der Waals surface area contributed by atoms with E-state index in [-0.39, 0.29) is 17.6 Å². The number of aromatic nitrogens is 3. The molecule has 0 saturated carbocycles. The lowest BCUT2D eigenvalue weighted by Crippen LogP contribution is -2.15. The number of anilines is 2. The molecule has 0 aliphatic carbocycles. The molecule has 0 spiro atoms. The predicted molar refractivity (Wildman–Crippen MR) is 111 cm³/mol. The predicted octanol–water partition coefficient (Wildman–Crippen LogP) is 3.42. The first-order chi connectivity index (χ1) is 13.4. The first kappa shape index (κ1) is 19.6. The molecule has 8 heteroatoms. The number of rotatable bonds is 6. The molecule has 7 nitrogen and oxygen atoms in total. The summed E-state index contributed by atoms with van der Waals surface area (Å²) in [6, 6.07) is 12.7. The first-order valence-electron chi connectivity index (χ1n) is 8.67. The normalized spacial score (nSPS) is 10.5. The Labute approximate surface area is 167 Å². The average Bonchev–Trinajstić information content (AvgIpc) is 3.08. The van der Waals surface area contributed by atoms with E-state index in [1.807, 2.05) is 39.1 Å². The van der Waals surface area contributed by atoms with E-state index in [4.69, 9.17) is 0 Å². The van der Waals surface area contributed by atoms with Crippen LogP contribution in [0.25, 0.3) is 0 Å². The second-order valence-corrected chi connectivity index (χ2v) is 7.35. The zero-order valence-corrected chi connectivity index (χ0v) is 16.7. The van der Waals surface area contributed by atoms with Crippen molar-refractivity contribution in [3.63, 3.8) is 0 Å². The van der Waals surface area contributed by atoms with E-state index < -0.39 is 0 Å². The highest BCUT2D eigenvalue weighted by Crippen LogP contribution is 2.19. The Hall–Kier alpha value is -3.13. The smallest absolute Gasteiger partial charge is 0.255 e. The van der Waals surface area contributed by atoms with Crippen LogP contribution in [0.1, 0.15) is 21.5 Å². The molecule has 28 heavy (non-hydrogen) atoms. The monoisotopic (exact) mass is 395 g/mol. The molecule has 0 unspecified atom stereocenters. The fourth-order valence-electron chi connectivity index (χ4n) is 2.50. The van der Waals surface area contributed by atoms with E-state index in [2.05, 4.69) is 20.8 Å². The van der Waals surface area contributed by atoms with E-state index in [0.717, 1.165) is 16.8 Å². The number of thioether (sulfide) groups is 1. The van der Waals surface area contributed by atoms with Crippen LogP contribution in [0.5, 0.6) is 0 Å². The van der Waals surface area contributed by atoms with E-state index in [1.165, 1.54) is 11.8 Å². The minimum Gasteiger partial charge on any atom is -0.325 e. The van der Waals surface area contributed by atoms with Crippen molar-refractivity contribution in [2.75, 3.05) is 16.4 Å². The van der Waals surface area contributed by atoms with Crippen molar-refractivity contribution in [3.05, 3.63) is 65.5 Å². The van der Waals surface area contributed by atoms with Gasteiger partial charge in [0.15, 0.2) is 5.16 Å². The third kappa shape index (κ3) is 4.98. The summed E-state index contributed by atoms with van der Waals surface area (Å²) in [7, 11) is 1.82. The number of nitrogens with one attached hydrogen (secondary N) is 2. The van der Waals surface area contributed by atoms with Gasteiger partial charge in [0.25, 0.3) is 5.91 Å². The number of hydrogen-bond donors (Lipinski definition) is 2. The van der Waals surface area contributed by atoms with E-state index in [0.29, 0.717) is 16.4 Å². The third-order valence-electron chi connectivity index (χ3n) is 4.07. The van der Waals surface area contributed by atoms with Gasteiger partial charge in [-0.1, -0.05) is 23.9 Å². The fourth-order valence-corrected chi connectivity index (χ4v) is 3.19. The van der Waals surface area contributed by atoms with Crippen molar-refractivity contribution in [3.8, 4) is 0 Å². The first-order valence-corrected chi connectivity index (χ1v) is 9.66. The molecule has 0 radical (unpaired) electrons. The topological polar surface area (TPSA) is 88.9 Å². The molecule has 2 aromatic carbocycles. The molecular formula is C20H21N5O2S. The summed E-state index contributed by atoms with van der Waals surface area (Å²) >= 11 is 1.31. The highest BCUT2D eigenvalue weighted by atomic mass is 32.2. The van der Waals surface area contributed by atoms with Gasteiger partial charge in [-0.2, -0.15) is 0 Å². The lowest BCUT2D eigenvalue weighted by molar-refractivity contribution is -0.113. The Morgan fingerprint density at radius 1 is 1.07 bits per heavy atom. The highest BCUT2D eigenvalue weighted by Gasteiger charge is 2.10. The van der Waals surface area contributed by atoms with Crippen LogP contribution in [-0.4, -0.2) is 32.3 Å². The van der Waals surface area contributed by atoms with Crippen molar-refractivity contribution >= 4 is 35.0 Å². The maximum atomic E-state index is 12.5. The van der Waals surface area contributed by atoms with Crippen LogP contribution in [0.4, 0.5) is 11.4 Å². The number of benzene rings is 2. The zero-order chi connectivity index (χ0) is 20.1. The summed E-state index contributed by atoms with van der Waals surface area (Å²) < 4.78 is 1.75. The SMILES string of the molecule is Cc1ccc(C)c(NC(=O)c2ccc(NC(=O)CSc3nncn3C)cc2)c1. The summed E-state index contributed by atoms with van der Waals surface area (Å²) in [5, 5.41) is 14.1. The molecule has 3 rings (SSSR count). The lowest BCUT2D eigenvalue weighted by Gasteiger charge is -2.10. The van der Waals surface area contributed by atoms with Gasteiger partial charge in [0, 0.05) is 24.0 Å². The maximum absolute atomic E-state index is 12.5. The summed E-state index contributed by atoms with van der Waals surface area (Å²) in [6.45, 7) is 3.93. The van der Waals surface area contributed by atoms with Crippen LogP contribution >= 0.6 is 11.8 Å². The van der Waals surface area contributed by atoms with Gasteiger partial charge in [0.1, 0.15) is 6.33 Å². The minimum atomic E-state index is -0.190. The van der Waals surface area contributed by atoms with E-state index >= 15 is 0 Å². The number of carbonyl (C=O) groups excluding carboxylic acids is 2. The molecule has 0 fully saturated rings. The maximum Gasteiger partial charge on any atom is 0.255 e. The van der Waals surface area contributed by atoms with Crippen molar-refractivity contribution in [1.29, 1.82) is 0 Å². The third-order valence-corrected chi connectivity index (χ3v) is 5.11. The second-order valence-electron chi connectivity index (χ2n) is 6.41. The molecule has 0 aliphatic heterocycles. The van der Waals surface area contributed by atoms with E-state index in [9.17, 15) is 9.59 Å².